The number of allylic oxidation sites excluding steroid dienone is 1. The number of amides is 1. The van der Waals surface area contributed by atoms with Crippen molar-refractivity contribution < 1.29 is 19.1 Å². The van der Waals surface area contributed by atoms with Crippen LogP contribution in [0.2, 0.25) is 0 Å². The van der Waals surface area contributed by atoms with Crippen molar-refractivity contribution in [3.05, 3.63) is 88.6 Å². The van der Waals surface area contributed by atoms with Crippen LogP contribution in [0.25, 0.3) is 11.1 Å². The fourth-order valence-electron chi connectivity index (χ4n) is 4.44. The molecule has 1 atom stereocenters. The molecule has 0 bridgehead atoms. The number of nitrogens with one attached hydrogen (secondary N) is 1. The summed E-state index contributed by atoms with van der Waals surface area (Å²) in [5, 5.41) is 12.6. The molecule has 10 heteroatoms. The molecule has 8 nitrogen and oxygen atoms in total. The molecule has 1 unspecified atom stereocenters. The van der Waals surface area contributed by atoms with Gasteiger partial charge in [-0.25, -0.2) is 4.79 Å². The Hall–Kier alpha value is -3.89. The average molecular weight is 577 g/mol. The summed E-state index contributed by atoms with van der Waals surface area (Å²) < 4.78 is 13.1. The average Bonchev–Trinajstić information content (AvgIpc) is 3.47. The van der Waals surface area contributed by atoms with E-state index in [4.69, 9.17) is 9.47 Å². The lowest BCUT2D eigenvalue weighted by Crippen LogP contribution is -2.17. The maximum atomic E-state index is 13.0. The lowest BCUT2D eigenvalue weighted by molar-refractivity contribution is -0.113. The van der Waals surface area contributed by atoms with Crippen molar-refractivity contribution in [2.75, 3.05) is 18.2 Å². The van der Waals surface area contributed by atoms with Crippen LogP contribution in [0.5, 0.6) is 5.75 Å². The minimum atomic E-state index is -0.501. The molecule has 1 N–H and O–H groups in total. The number of benzene rings is 2. The Balaban J connectivity index is 1.50. The molecule has 0 aliphatic heterocycles. The summed E-state index contributed by atoms with van der Waals surface area (Å²) in [5.41, 5.74) is 4.22. The topological polar surface area (TPSA) is 95.3 Å². The molecule has 4 rings (SSSR count). The Morgan fingerprint density at radius 2 is 1.82 bits per heavy atom. The number of hydrogen-bond donors (Lipinski definition) is 1. The number of anilines is 1. The van der Waals surface area contributed by atoms with Gasteiger partial charge in [0.25, 0.3) is 0 Å². The molecule has 2 aromatic carbocycles. The number of aryl methyl sites for hydroxylation is 3. The normalized spacial score (nSPS) is 11.6. The zero-order valence-corrected chi connectivity index (χ0v) is 24.8. The molecule has 2 heterocycles. The summed E-state index contributed by atoms with van der Waals surface area (Å²) in [5.74, 6) is 0.690. The van der Waals surface area contributed by atoms with Gasteiger partial charge in [-0.1, -0.05) is 54.2 Å². The lowest BCUT2D eigenvalue weighted by atomic mass is 10.0. The Labute approximate surface area is 242 Å². The molecule has 0 fully saturated rings. The number of nitrogens with zero attached hydrogens (tertiary/aromatic N) is 3. The molecule has 2 aromatic heterocycles. The van der Waals surface area contributed by atoms with Gasteiger partial charge >= 0.3 is 5.97 Å². The number of carbonyl (C=O) groups is 2. The van der Waals surface area contributed by atoms with Gasteiger partial charge < -0.3 is 14.8 Å². The smallest absolute Gasteiger partial charge is 0.341 e. The van der Waals surface area contributed by atoms with Crippen molar-refractivity contribution in [3.63, 3.8) is 0 Å². The van der Waals surface area contributed by atoms with Gasteiger partial charge in [0.1, 0.15) is 16.3 Å². The van der Waals surface area contributed by atoms with Crippen molar-refractivity contribution >= 4 is 40.0 Å². The van der Waals surface area contributed by atoms with E-state index in [0.29, 0.717) is 28.1 Å². The van der Waals surface area contributed by atoms with E-state index in [1.54, 1.807) is 6.08 Å². The number of thioether (sulfide) groups is 1. The molecule has 40 heavy (non-hydrogen) atoms. The Kier molecular flexibility index (Phi) is 9.44. The molecule has 0 aliphatic rings. The van der Waals surface area contributed by atoms with Crippen molar-refractivity contribution in [2.45, 2.75) is 45.5 Å². The Bertz CT molecular complexity index is 1510. The van der Waals surface area contributed by atoms with Crippen molar-refractivity contribution in [3.8, 4) is 16.9 Å². The van der Waals surface area contributed by atoms with Crippen molar-refractivity contribution in [1.29, 1.82) is 0 Å². The van der Waals surface area contributed by atoms with E-state index < -0.39 is 5.97 Å². The van der Waals surface area contributed by atoms with Gasteiger partial charge in [0.2, 0.25) is 5.91 Å². The standard InChI is InChI=1S/C30H32N4O4S2/c1-7-13-34-27(20(4)38-23-15-18(2)14-19(3)16-23)32-33-30(34)39-17-24(35)31-28-26(29(36)37-6)25(21(5)40-28)22-11-9-8-10-12-22/h7-12,14-16,20H,1,13,17H2,2-6H3,(H,31,35). The molecule has 4 aromatic rings. The Morgan fingerprint density at radius 1 is 1.12 bits per heavy atom. The first-order valence-corrected chi connectivity index (χ1v) is 14.5. The lowest BCUT2D eigenvalue weighted by Gasteiger charge is -2.16. The number of carbonyl (C=O) groups excluding carboxylic acids is 2. The number of methoxy groups -OCH3 is 1. The fourth-order valence-corrected chi connectivity index (χ4v) is 6.28. The second kappa shape index (κ2) is 13.0. The molecule has 1 amide bonds. The Morgan fingerprint density at radius 3 is 2.48 bits per heavy atom. The van der Waals surface area contributed by atoms with Crippen molar-refractivity contribution in [2.24, 2.45) is 0 Å². The summed E-state index contributed by atoms with van der Waals surface area (Å²) in [4.78, 5) is 26.7. The molecular formula is C30H32N4O4S2. The van der Waals surface area contributed by atoms with Gasteiger partial charge in [0.15, 0.2) is 17.1 Å². The highest BCUT2D eigenvalue weighted by Crippen LogP contribution is 2.40. The largest absolute Gasteiger partial charge is 0.483 e. The third kappa shape index (κ3) is 6.63. The fraction of sp³-hybridized carbons (Fsp3) is 0.267. The van der Waals surface area contributed by atoms with Gasteiger partial charge in [0, 0.05) is 17.0 Å². The maximum Gasteiger partial charge on any atom is 0.341 e. The van der Waals surface area contributed by atoms with Gasteiger partial charge in [-0.3, -0.25) is 9.36 Å². The zero-order valence-electron chi connectivity index (χ0n) is 23.2. The number of esters is 1. The van der Waals surface area contributed by atoms with Crippen molar-refractivity contribution in [1.82, 2.24) is 14.8 Å². The molecule has 0 saturated heterocycles. The quantitative estimate of drug-likeness (QED) is 0.120. The van der Waals surface area contributed by atoms with Crippen LogP contribution < -0.4 is 10.1 Å². The van der Waals surface area contributed by atoms with Crippen LogP contribution in [0.4, 0.5) is 5.00 Å². The summed E-state index contributed by atoms with van der Waals surface area (Å²) in [6.07, 6.45) is 1.38. The third-order valence-electron chi connectivity index (χ3n) is 6.05. The van der Waals surface area contributed by atoms with Gasteiger partial charge in [0.05, 0.1) is 12.9 Å². The molecule has 0 aliphatic carbocycles. The van der Waals surface area contributed by atoms with Crippen LogP contribution in [0.15, 0.2) is 66.3 Å². The molecule has 0 radical (unpaired) electrons. The minimum Gasteiger partial charge on any atom is -0.483 e. The van der Waals surface area contributed by atoms with Crippen LogP contribution in [-0.2, 0) is 16.1 Å². The van der Waals surface area contributed by atoms with E-state index in [0.717, 1.165) is 32.9 Å². The van der Waals surface area contributed by atoms with Crippen LogP contribution in [0.3, 0.4) is 0 Å². The number of thiophene rings is 1. The van der Waals surface area contributed by atoms with Gasteiger partial charge in [-0.15, -0.1) is 28.1 Å². The van der Waals surface area contributed by atoms with Crippen LogP contribution >= 0.6 is 23.1 Å². The van der Waals surface area contributed by atoms with Crippen LogP contribution in [0, 0.1) is 20.8 Å². The predicted molar refractivity (Wildman–Crippen MR) is 160 cm³/mol. The minimum absolute atomic E-state index is 0.0693. The number of rotatable bonds is 11. The molecule has 0 saturated carbocycles. The first kappa shape index (κ1) is 29.1. The first-order valence-electron chi connectivity index (χ1n) is 12.7. The number of aromatic nitrogens is 3. The van der Waals surface area contributed by atoms with Gasteiger partial charge in [-0.2, -0.15) is 0 Å². The van der Waals surface area contributed by atoms with E-state index in [1.807, 2.05) is 74.7 Å². The van der Waals surface area contributed by atoms with E-state index in [1.165, 1.54) is 30.2 Å². The molecule has 208 valence electrons. The molecular weight excluding hydrogens is 544 g/mol. The van der Waals surface area contributed by atoms with E-state index in [-0.39, 0.29) is 17.8 Å². The highest BCUT2D eigenvalue weighted by atomic mass is 32.2. The van der Waals surface area contributed by atoms with E-state index >= 15 is 0 Å². The third-order valence-corrected chi connectivity index (χ3v) is 8.04. The second-order valence-electron chi connectivity index (χ2n) is 9.26. The highest BCUT2D eigenvalue weighted by molar-refractivity contribution is 7.99. The highest BCUT2D eigenvalue weighted by Gasteiger charge is 2.26. The number of hydrogen-bond acceptors (Lipinski definition) is 8. The van der Waals surface area contributed by atoms with Crippen LogP contribution in [-0.4, -0.2) is 39.5 Å². The van der Waals surface area contributed by atoms with Gasteiger partial charge in [-0.05, 0) is 56.5 Å². The van der Waals surface area contributed by atoms with E-state index in [2.05, 4.69) is 28.2 Å². The van der Waals surface area contributed by atoms with Crippen LogP contribution in [0.1, 0.15) is 45.2 Å². The summed E-state index contributed by atoms with van der Waals surface area (Å²) in [7, 11) is 1.33. The van der Waals surface area contributed by atoms with E-state index in [9.17, 15) is 9.59 Å². The first-order chi connectivity index (χ1) is 19.2. The SMILES string of the molecule is C=CCn1c(SCC(=O)Nc2sc(C)c(-c3ccccc3)c2C(=O)OC)nnc1C(C)Oc1cc(C)cc(C)c1. The summed E-state index contributed by atoms with van der Waals surface area (Å²) in [6.45, 7) is 12.2. The maximum absolute atomic E-state index is 13.0. The predicted octanol–water partition coefficient (Wildman–Crippen LogP) is 6.78. The summed E-state index contributed by atoms with van der Waals surface area (Å²) in [6, 6.07) is 15.6. The number of ether oxygens (including phenoxy) is 2. The molecule has 0 spiro atoms. The monoisotopic (exact) mass is 576 g/mol. The summed E-state index contributed by atoms with van der Waals surface area (Å²) >= 11 is 2.60. The zero-order chi connectivity index (χ0) is 28.8. The second-order valence-corrected chi connectivity index (χ2v) is 11.4.